The van der Waals surface area contributed by atoms with Crippen LogP contribution in [0, 0.1) is 22.7 Å². The Morgan fingerprint density at radius 1 is 0.775 bits per heavy atom. The Labute approximate surface area is 237 Å². The molecule has 4 N–H and O–H groups in total. The lowest BCUT2D eigenvalue weighted by molar-refractivity contribution is 0.0914. The van der Waals surface area contributed by atoms with Crippen molar-refractivity contribution in [2.24, 2.45) is 0 Å². The average Bonchev–Trinajstić information content (AvgIpc) is 2.97. The van der Waals surface area contributed by atoms with Crippen LogP contribution in [0.1, 0.15) is 84.2 Å². The molecule has 8 heteroatoms. The lowest BCUT2D eigenvalue weighted by atomic mass is 10.1. The predicted octanol–water partition coefficient (Wildman–Crippen LogP) is 5.01. The highest BCUT2D eigenvalue weighted by Gasteiger charge is 2.09. The number of rotatable bonds is 14. The fourth-order valence-electron chi connectivity index (χ4n) is 3.31. The largest absolute Gasteiger partial charge is 0.394 e. The lowest BCUT2D eigenvalue weighted by Gasteiger charge is -2.10. The standard InChI is InChI=1S/2C16H20N2O2/c2*1-13(12-19)18-16(20)15-9-6-8-14(11-15)7-4-2-3-5-10-17/h2*4,6-9,11,13,19H,2-3,5,12H2,1H3,(H,18,20)/b2*7-4-/t2*13-/m10/s1. The molecule has 2 atom stereocenters. The number of nitriles is 2. The number of hydrogen-bond donors (Lipinski definition) is 4. The van der Waals surface area contributed by atoms with E-state index < -0.39 is 0 Å². The molecule has 0 saturated heterocycles. The van der Waals surface area contributed by atoms with E-state index in [1.54, 1.807) is 38.1 Å². The normalized spacial score (nSPS) is 12.1. The zero-order valence-corrected chi connectivity index (χ0v) is 23.3. The van der Waals surface area contributed by atoms with Gasteiger partial charge in [-0.15, -0.1) is 0 Å². The Kier molecular flexibility index (Phi) is 17.5. The van der Waals surface area contributed by atoms with Gasteiger partial charge in [0.05, 0.1) is 25.4 Å². The number of allylic oxidation sites excluding steroid dienone is 2. The van der Waals surface area contributed by atoms with Gasteiger partial charge in [0.25, 0.3) is 11.8 Å². The van der Waals surface area contributed by atoms with Crippen molar-refractivity contribution in [3.63, 3.8) is 0 Å². The number of carbonyl (C=O) groups excluding carboxylic acids is 2. The van der Waals surface area contributed by atoms with Crippen molar-refractivity contribution in [1.29, 1.82) is 10.5 Å². The van der Waals surface area contributed by atoms with Gasteiger partial charge in [-0.3, -0.25) is 9.59 Å². The Morgan fingerprint density at radius 3 is 1.52 bits per heavy atom. The second kappa shape index (κ2) is 20.7. The molecule has 2 rings (SSSR count). The summed E-state index contributed by atoms with van der Waals surface area (Å²) in [6, 6.07) is 18.3. The summed E-state index contributed by atoms with van der Waals surface area (Å²) < 4.78 is 0. The van der Waals surface area contributed by atoms with E-state index in [4.69, 9.17) is 20.7 Å². The van der Waals surface area contributed by atoms with Gasteiger partial charge in [0, 0.05) is 36.1 Å². The molecule has 0 saturated carbocycles. The van der Waals surface area contributed by atoms with Gasteiger partial charge in [0.1, 0.15) is 0 Å². The maximum atomic E-state index is 11.9. The van der Waals surface area contributed by atoms with Gasteiger partial charge in [0.2, 0.25) is 0 Å². The van der Waals surface area contributed by atoms with E-state index in [9.17, 15) is 9.59 Å². The first-order chi connectivity index (χ1) is 19.3. The SMILES string of the molecule is C[C@@H](CO)NC(=O)c1cccc(/C=C\CCCC#N)c1.C[C@H](CO)NC(=O)c1cccc(/C=C\CCCC#N)c1. The molecule has 0 bridgehead atoms. The van der Waals surface area contributed by atoms with Gasteiger partial charge < -0.3 is 20.8 Å². The lowest BCUT2D eigenvalue weighted by Crippen LogP contribution is -2.34. The summed E-state index contributed by atoms with van der Waals surface area (Å²) in [5.74, 6) is -0.377. The van der Waals surface area contributed by atoms with Crippen LogP contribution < -0.4 is 10.6 Å². The Hall–Kier alpha value is -4.24. The second-order valence-electron chi connectivity index (χ2n) is 9.27. The first kappa shape index (κ1) is 33.8. The molecule has 2 aromatic rings. The summed E-state index contributed by atoms with van der Waals surface area (Å²) in [7, 11) is 0. The minimum absolute atomic E-state index is 0.0791. The second-order valence-corrected chi connectivity index (χ2v) is 9.27. The first-order valence-corrected chi connectivity index (χ1v) is 13.4. The van der Waals surface area contributed by atoms with Gasteiger partial charge in [-0.25, -0.2) is 0 Å². The highest BCUT2D eigenvalue weighted by molar-refractivity contribution is 5.95. The molecule has 0 aromatic heterocycles. The van der Waals surface area contributed by atoms with Crippen LogP contribution in [0.3, 0.4) is 0 Å². The molecule has 0 radical (unpaired) electrons. The van der Waals surface area contributed by atoms with Crippen molar-refractivity contribution in [2.45, 2.75) is 64.5 Å². The van der Waals surface area contributed by atoms with E-state index in [2.05, 4.69) is 22.8 Å². The summed E-state index contributed by atoms with van der Waals surface area (Å²) in [6.07, 6.45) is 12.4. The maximum absolute atomic E-state index is 11.9. The van der Waals surface area contributed by atoms with Crippen molar-refractivity contribution in [2.75, 3.05) is 13.2 Å². The van der Waals surface area contributed by atoms with E-state index in [1.807, 2.05) is 48.6 Å². The van der Waals surface area contributed by atoms with Gasteiger partial charge in [0.15, 0.2) is 0 Å². The first-order valence-electron chi connectivity index (χ1n) is 13.4. The summed E-state index contributed by atoms with van der Waals surface area (Å²) in [4.78, 5) is 23.8. The van der Waals surface area contributed by atoms with Gasteiger partial charge in [-0.1, -0.05) is 48.6 Å². The van der Waals surface area contributed by atoms with Crippen molar-refractivity contribution >= 4 is 24.0 Å². The number of unbranched alkanes of at least 4 members (excludes halogenated alkanes) is 4. The number of nitrogens with one attached hydrogen (secondary N) is 2. The van der Waals surface area contributed by atoms with Crippen LogP contribution in [0.2, 0.25) is 0 Å². The molecule has 212 valence electrons. The molecular formula is C32H40N4O4. The molecule has 0 aliphatic heterocycles. The molecular weight excluding hydrogens is 504 g/mol. The number of benzene rings is 2. The van der Waals surface area contributed by atoms with Crippen LogP contribution in [0.5, 0.6) is 0 Å². The highest BCUT2D eigenvalue weighted by atomic mass is 16.3. The number of aliphatic hydroxyl groups is 2. The quantitative estimate of drug-likeness (QED) is 0.246. The molecule has 40 heavy (non-hydrogen) atoms. The molecule has 2 aromatic carbocycles. The summed E-state index contributed by atoms with van der Waals surface area (Å²) >= 11 is 0. The van der Waals surface area contributed by atoms with Crippen LogP contribution in [-0.4, -0.2) is 47.3 Å². The molecule has 0 aliphatic carbocycles. The Morgan fingerprint density at radius 2 is 1.18 bits per heavy atom. The molecule has 0 aliphatic rings. The summed E-state index contributed by atoms with van der Waals surface area (Å²) in [6.45, 7) is 3.34. The van der Waals surface area contributed by atoms with Crippen molar-refractivity contribution in [1.82, 2.24) is 10.6 Å². The summed E-state index contributed by atoms with van der Waals surface area (Å²) in [5, 5.41) is 40.1. The van der Waals surface area contributed by atoms with Crippen LogP contribution >= 0.6 is 0 Å². The Bertz CT molecular complexity index is 1100. The molecule has 0 heterocycles. The van der Waals surface area contributed by atoms with E-state index in [1.165, 1.54) is 0 Å². The highest BCUT2D eigenvalue weighted by Crippen LogP contribution is 2.10. The third-order valence-corrected chi connectivity index (χ3v) is 5.54. The number of aliphatic hydroxyl groups excluding tert-OH is 2. The third kappa shape index (κ3) is 14.6. The minimum Gasteiger partial charge on any atom is -0.394 e. The van der Waals surface area contributed by atoms with Crippen LogP contribution in [0.4, 0.5) is 0 Å². The average molecular weight is 545 g/mol. The minimum atomic E-state index is -0.257. The molecule has 2 amide bonds. The van der Waals surface area contributed by atoms with Crippen molar-refractivity contribution in [3.05, 3.63) is 82.9 Å². The zero-order chi connectivity index (χ0) is 29.6. The van der Waals surface area contributed by atoms with Gasteiger partial charge >= 0.3 is 0 Å². The molecule has 0 spiro atoms. The Balaban J connectivity index is 0.000000400. The van der Waals surface area contributed by atoms with Crippen LogP contribution in [0.15, 0.2) is 60.7 Å². The zero-order valence-electron chi connectivity index (χ0n) is 23.3. The topological polar surface area (TPSA) is 146 Å². The van der Waals surface area contributed by atoms with Gasteiger partial charge in [-0.2, -0.15) is 10.5 Å². The summed E-state index contributed by atoms with van der Waals surface area (Å²) in [5.41, 5.74) is 3.05. The maximum Gasteiger partial charge on any atom is 0.251 e. The smallest absolute Gasteiger partial charge is 0.251 e. The predicted molar refractivity (Wildman–Crippen MR) is 158 cm³/mol. The van der Waals surface area contributed by atoms with E-state index in [0.717, 1.165) is 36.8 Å². The van der Waals surface area contributed by atoms with Crippen molar-refractivity contribution in [3.8, 4) is 12.1 Å². The van der Waals surface area contributed by atoms with E-state index >= 15 is 0 Å². The number of hydrogen-bond acceptors (Lipinski definition) is 6. The number of amides is 2. The number of nitrogens with zero attached hydrogens (tertiary/aromatic N) is 2. The van der Waals surface area contributed by atoms with E-state index in [0.29, 0.717) is 24.0 Å². The van der Waals surface area contributed by atoms with Crippen LogP contribution in [0.25, 0.3) is 12.2 Å². The molecule has 8 nitrogen and oxygen atoms in total. The fourth-order valence-corrected chi connectivity index (χ4v) is 3.31. The van der Waals surface area contributed by atoms with Gasteiger partial charge in [-0.05, 0) is 74.9 Å². The molecule has 0 unspecified atom stereocenters. The van der Waals surface area contributed by atoms with Crippen LogP contribution in [-0.2, 0) is 0 Å². The number of carbonyl (C=O) groups is 2. The van der Waals surface area contributed by atoms with Crippen molar-refractivity contribution < 1.29 is 19.8 Å². The third-order valence-electron chi connectivity index (χ3n) is 5.54. The monoisotopic (exact) mass is 544 g/mol. The van der Waals surface area contributed by atoms with E-state index in [-0.39, 0.29) is 37.1 Å². The molecule has 0 fully saturated rings. The fraction of sp³-hybridized carbons (Fsp3) is 0.375.